The Morgan fingerprint density at radius 1 is 0.846 bits per heavy atom. The van der Waals surface area contributed by atoms with E-state index >= 15 is 0 Å². The van der Waals surface area contributed by atoms with Crippen molar-refractivity contribution < 1.29 is 0 Å². The van der Waals surface area contributed by atoms with E-state index in [1.165, 1.54) is 64.3 Å². The molecular weight excluding hydrogens is 314 g/mol. The van der Waals surface area contributed by atoms with Crippen LogP contribution in [-0.2, 0) is 0 Å². The second-order valence-electron chi connectivity index (χ2n) is 11.7. The molecule has 4 aliphatic rings. The molecule has 1 N–H and O–H groups in total. The number of nitrogens with one attached hydrogen (secondary N) is 1. The monoisotopic (exact) mass is 359 g/mol. The van der Waals surface area contributed by atoms with Gasteiger partial charge in [-0.25, -0.2) is 0 Å². The second-order valence-corrected chi connectivity index (χ2v) is 11.7. The first-order valence-corrected chi connectivity index (χ1v) is 12.1. The first-order valence-electron chi connectivity index (χ1n) is 12.1. The summed E-state index contributed by atoms with van der Waals surface area (Å²) in [5.41, 5.74) is 1.28. The van der Waals surface area contributed by atoms with Crippen LogP contribution in [0.15, 0.2) is 0 Å². The summed E-state index contributed by atoms with van der Waals surface area (Å²) >= 11 is 0. The van der Waals surface area contributed by atoms with E-state index in [0.29, 0.717) is 10.8 Å². The Kier molecular flexibility index (Phi) is 5.26. The molecule has 0 bridgehead atoms. The summed E-state index contributed by atoms with van der Waals surface area (Å²) in [6.07, 6.45) is 14.9. The summed E-state index contributed by atoms with van der Waals surface area (Å²) in [4.78, 5) is 0. The average molecular weight is 360 g/mol. The zero-order valence-electron chi connectivity index (χ0n) is 18.3. The van der Waals surface area contributed by atoms with Crippen molar-refractivity contribution in [3.05, 3.63) is 0 Å². The van der Waals surface area contributed by atoms with Crippen molar-refractivity contribution in [1.29, 1.82) is 0 Å². The zero-order chi connectivity index (χ0) is 18.5. The molecule has 0 unspecified atom stereocenters. The largest absolute Gasteiger partial charge is 0.313 e. The molecule has 8 atom stereocenters. The lowest BCUT2D eigenvalue weighted by molar-refractivity contribution is -0.0774. The van der Waals surface area contributed by atoms with E-state index < -0.39 is 0 Å². The van der Waals surface area contributed by atoms with Gasteiger partial charge in [-0.15, -0.1) is 0 Å². The molecule has 1 aliphatic heterocycles. The minimum atomic E-state index is 0.616. The summed E-state index contributed by atoms with van der Waals surface area (Å²) in [6.45, 7) is 14.0. The molecule has 1 heteroatoms. The quantitative estimate of drug-likeness (QED) is 0.578. The van der Waals surface area contributed by atoms with E-state index in [0.717, 1.165) is 41.5 Å². The Hall–Kier alpha value is -0.0400. The molecule has 4 fully saturated rings. The van der Waals surface area contributed by atoms with E-state index in [1.54, 1.807) is 6.42 Å². The molecule has 0 aromatic rings. The lowest BCUT2D eigenvalue weighted by Gasteiger charge is -2.58. The average Bonchev–Trinajstić information content (AvgIpc) is 3.13. The molecule has 0 aromatic heterocycles. The fraction of sp³-hybridized carbons (Fsp3) is 1.00. The highest BCUT2D eigenvalue weighted by atomic mass is 15.0. The lowest BCUT2D eigenvalue weighted by Crippen LogP contribution is -2.54. The van der Waals surface area contributed by atoms with Gasteiger partial charge in [-0.05, 0) is 97.8 Å². The van der Waals surface area contributed by atoms with E-state index in [9.17, 15) is 0 Å². The smallest absolute Gasteiger partial charge is 0.0124 e. The maximum Gasteiger partial charge on any atom is 0.0124 e. The van der Waals surface area contributed by atoms with Crippen molar-refractivity contribution in [3.63, 3.8) is 0 Å². The highest BCUT2D eigenvalue weighted by Crippen LogP contribution is 2.66. The van der Waals surface area contributed by atoms with Crippen LogP contribution in [-0.4, -0.2) is 12.6 Å². The van der Waals surface area contributed by atoms with Crippen molar-refractivity contribution in [2.45, 2.75) is 105 Å². The van der Waals surface area contributed by atoms with Crippen LogP contribution in [0.5, 0.6) is 0 Å². The van der Waals surface area contributed by atoms with Crippen molar-refractivity contribution in [3.8, 4) is 0 Å². The first kappa shape index (κ1) is 19.3. The molecule has 3 saturated carbocycles. The highest BCUT2D eigenvalue weighted by molar-refractivity contribution is 5.11. The summed E-state index contributed by atoms with van der Waals surface area (Å²) in [5, 5.41) is 3.86. The van der Waals surface area contributed by atoms with Gasteiger partial charge in [0, 0.05) is 6.04 Å². The number of rotatable bonds is 5. The fourth-order valence-electron chi connectivity index (χ4n) is 8.69. The van der Waals surface area contributed by atoms with Gasteiger partial charge in [0.1, 0.15) is 0 Å². The van der Waals surface area contributed by atoms with E-state index in [2.05, 4.69) is 39.9 Å². The van der Waals surface area contributed by atoms with Crippen molar-refractivity contribution >= 4 is 0 Å². The van der Waals surface area contributed by atoms with Crippen LogP contribution < -0.4 is 5.32 Å². The summed E-state index contributed by atoms with van der Waals surface area (Å²) in [6, 6.07) is 0.834. The second kappa shape index (κ2) is 7.09. The predicted molar refractivity (Wildman–Crippen MR) is 112 cm³/mol. The van der Waals surface area contributed by atoms with E-state index in [1.807, 2.05) is 0 Å². The highest BCUT2D eigenvalue weighted by Gasteiger charge is 2.60. The van der Waals surface area contributed by atoms with Crippen LogP contribution in [0.25, 0.3) is 0 Å². The van der Waals surface area contributed by atoms with Gasteiger partial charge in [-0.3, -0.25) is 0 Å². The molecule has 4 rings (SSSR count). The maximum atomic E-state index is 3.86. The van der Waals surface area contributed by atoms with Gasteiger partial charge in [-0.2, -0.15) is 0 Å². The van der Waals surface area contributed by atoms with E-state index in [-0.39, 0.29) is 0 Å². The fourth-order valence-corrected chi connectivity index (χ4v) is 8.69. The Morgan fingerprint density at radius 2 is 1.62 bits per heavy atom. The van der Waals surface area contributed by atoms with Gasteiger partial charge < -0.3 is 5.32 Å². The van der Waals surface area contributed by atoms with Crippen molar-refractivity contribution in [2.75, 3.05) is 6.54 Å². The van der Waals surface area contributed by atoms with Gasteiger partial charge in [0.2, 0.25) is 0 Å². The predicted octanol–water partition coefficient (Wildman–Crippen LogP) is 6.67. The normalized spacial score (nSPS) is 48.9. The van der Waals surface area contributed by atoms with Gasteiger partial charge in [0.05, 0.1) is 0 Å². The van der Waals surface area contributed by atoms with E-state index in [4.69, 9.17) is 0 Å². The Balaban J connectivity index is 1.46. The maximum absolute atomic E-state index is 3.86. The Morgan fingerprint density at radius 3 is 2.38 bits per heavy atom. The number of hydrogen-bond acceptors (Lipinski definition) is 1. The molecule has 1 nitrogen and oxygen atoms in total. The van der Waals surface area contributed by atoms with Crippen LogP contribution in [0, 0.1) is 46.3 Å². The van der Waals surface area contributed by atoms with Crippen LogP contribution in [0.2, 0.25) is 0 Å². The Bertz CT molecular complexity index is 498. The standard InChI is InChI=1S/C25H45N/c1-17(2)7-6-8-18(3)20-10-11-21-19-9-12-23-25(5,15-16-26-23)22(19)13-14-24(20,21)4/h17-23,26H,6-16H2,1-5H3/t18-,19-,20-,21+,22-,23-,24-,25-/m1/s1. The van der Waals surface area contributed by atoms with Gasteiger partial charge >= 0.3 is 0 Å². The van der Waals surface area contributed by atoms with Crippen LogP contribution in [0.1, 0.15) is 98.8 Å². The molecular formula is C25H45N. The molecule has 1 saturated heterocycles. The van der Waals surface area contributed by atoms with Crippen LogP contribution >= 0.6 is 0 Å². The van der Waals surface area contributed by atoms with Gasteiger partial charge in [-0.1, -0.05) is 53.9 Å². The molecule has 1 heterocycles. The molecule has 0 amide bonds. The summed E-state index contributed by atoms with van der Waals surface area (Å²) in [5.74, 6) is 5.93. The minimum absolute atomic E-state index is 0.616. The number of fused-ring (bicyclic) bond motifs is 5. The molecule has 26 heavy (non-hydrogen) atoms. The summed E-state index contributed by atoms with van der Waals surface area (Å²) < 4.78 is 0. The molecule has 0 radical (unpaired) electrons. The molecule has 0 aromatic carbocycles. The van der Waals surface area contributed by atoms with Crippen molar-refractivity contribution in [2.24, 2.45) is 46.3 Å². The lowest BCUT2D eigenvalue weighted by atomic mass is 9.48. The van der Waals surface area contributed by atoms with Gasteiger partial charge in [0.25, 0.3) is 0 Å². The third-order valence-electron chi connectivity index (χ3n) is 10.1. The minimum Gasteiger partial charge on any atom is -0.313 e. The van der Waals surface area contributed by atoms with Gasteiger partial charge in [0.15, 0.2) is 0 Å². The molecule has 3 aliphatic carbocycles. The number of hydrogen-bond donors (Lipinski definition) is 1. The topological polar surface area (TPSA) is 12.0 Å². The zero-order valence-corrected chi connectivity index (χ0v) is 18.3. The Labute approximate surface area is 163 Å². The molecule has 0 spiro atoms. The van der Waals surface area contributed by atoms with Crippen LogP contribution in [0.3, 0.4) is 0 Å². The SMILES string of the molecule is CC(C)CCC[C@@H](C)[C@H]1CC[C@H]2[C@H]3CC[C@H]4NCC[C@]4(C)[C@@H]3CC[C@]12C. The molecule has 150 valence electrons. The summed E-state index contributed by atoms with van der Waals surface area (Å²) in [7, 11) is 0. The third-order valence-corrected chi connectivity index (χ3v) is 10.1. The first-order chi connectivity index (χ1) is 12.4. The third kappa shape index (κ3) is 2.99. The van der Waals surface area contributed by atoms with Crippen LogP contribution in [0.4, 0.5) is 0 Å². The van der Waals surface area contributed by atoms with Crippen molar-refractivity contribution in [1.82, 2.24) is 5.32 Å².